The van der Waals surface area contributed by atoms with Crippen LogP contribution in [0, 0.1) is 11.3 Å². The highest BCUT2D eigenvalue weighted by Crippen LogP contribution is 2.35. The van der Waals surface area contributed by atoms with Crippen LogP contribution in [0.15, 0.2) is 30.6 Å². The maximum absolute atomic E-state index is 9.35. The number of ether oxygens (including phenoxy) is 2. The number of aryl methyl sites for hydroxylation is 1. The molecule has 3 rings (SSSR count). The fourth-order valence-corrected chi connectivity index (χ4v) is 2.03. The van der Waals surface area contributed by atoms with E-state index in [1.54, 1.807) is 6.20 Å². The van der Waals surface area contributed by atoms with E-state index in [1.165, 1.54) is 0 Å². The van der Waals surface area contributed by atoms with Crippen molar-refractivity contribution in [3.63, 3.8) is 0 Å². The van der Waals surface area contributed by atoms with E-state index in [0.717, 1.165) is 17.1 Å². The standard InChI is InChI=1S/C13H11N3O2/c1-16-5-4-15-13(16)10(7-14)9-2-3-11-12(6-9)18-8-17-11/h2-6,10H,8H2,1H3. The average molecular weight is 241 g/mol. The first-order valence-corrected chi connectivity index (χ1v) is 5.56. The van der Waals surface area contributed by atoms with Gasteiger partial charge < -0.3 is 14.0 Å². The summed E-state index contributed by atoms with van der Waals surface area (Å²) in [7, 11) is 1.87. The molecule has 1 aromatic carbocycles. The number of hydrogen-bond acceptors (Lipinski definition) is 4. The maximum Gasteiger partial charge on any atom is 0.231 e. The lowest BCUT2D eigenvalue weighted by Gasteiger charge is -2.10. The van der Waals surface area contributed by atoms with Crippen LogP contribution in [0.2, 0.25) is 0 Å². The first-order valence-electron chi connectivity index (χ1n) is 5.56. The van der Waals surface area contributed by atoms with Gasteiger partial charge >= 0.3 is 0 Å². The molecule has 90 valence electrons. The highest BCUT2D eigenvalue weighted by molar-refractivity contribution is 5.47. The molecule has 0 spiro atoms. The monoisotopic (exact) mass is 241 g/mol. The van der Waals surface area contributed by atoms with Crippen LogP contribution in [0.5, 0.6) is 11.5 Å². The zero-order chi connectivity index (χ0) is 12.5. The van der Waals surface area contributed by atoms with Crippen molar-refractivity contribution in [2.75, 3.05) is 6.79 Å². The van der Waals surface area contributed by atoms with E-state index >= 15 is 0 Å². The molecular weight excluding hydrogens is 230 g/mol. The average Bonchev–Trinajstić information content (AvgIpc) is 2.99. The van der Waals surface area contributed by atoms with Crippen LogP contribution in [0.25, 0.3) is 0 Å². The molecule has 1 unspecified atom stereocenters. The third-order valence-electron chi connectivity index (χ3n) is 2.98. The Morgan fingerprint density at radius 3 is 2.94 bits per heavy atom. The molecule has 0 bridgehead atoms. The quantitative estimate of drug-likeness (QED) is 0.804. The Hall–Kier alpha value is -2.48. The minimum atomic E-state index is -0.403. The summed E-state index contributed by atoms with van der Waals surface area (Å²) in [5.74, 6) is 1.72. The van der Waals surface area contributed by atoms with Crippen LogP contribution < -0.4 is 9.47 Å². The van der Waals surface area contributed by atoms with E-state index in [4.69, 9.17) is 9.47 Å². The number of nitriles is 1. The number of aromatic nitrogens is 2. The molecular formula is C13H11N3O2. The number of fused-ring (bicyclic) bond motifs is 1. The molecule has 0 amide bonds. The lowest BCUT2D eigenvalue weighted by atomic mass is 9.99. The third-order valence-corrected chi connectivity index (χ3v) is 2.98. The van der Waals surface area contributed by atoms with Crippen LogP contribution in [0.3, 0.4) is 0 Å². The Bertz CT molecular complexity index is 627. The third kappa shape index (κ3) is 1.59. The van der Waals surface area contributed by atoms with Gasteiger partial charge in [0, 0.05) is 19.4 Å². The maximum atomic E-state index is 9.35. The fourth-order valence-electron chi connectivity index (χ4n) is 2.03. The molecule has 0 saturated heterocycles. The molecule has 1 aliphatic rings. The van der Waals surface area contributed by atoms with Crippen LogP contribution in [-0.2, 0) is 7.05 Å². The highest BCUT2D eigenvalue weighted by Gasteiger charge is 2.21. The smallest absolute Gasteiger partial charge is 0.231 e. The molecule has 0 fully saturated rings. The summed E-state index contributed by atoms with van der Waals surface area (Å²) in [5.41, 5.74) is 0.857. The molecule has 0 radical (unpaired) electrons. The van der Waals surface area contributed by atoms with Crippen molar-refractivity contribution in [2.24, 2.45) is 7.05 Å². The van der Waals surface area contributed by atoms with Crippen molar-refractivity contribution in [1.82, 2.24) is 9.55 Å². The Morgan fingerprint density at radius 1 is 1.39 bits per heavy atom. The fraction of sp³-hybridized carbons (Fsp3) is 0.231. The molecule has 1 aromatic heterocycles. The van der Waals surface area contributed by atoms with Crippen molar-refractivity contribution in [3.05, 3.63) is 42.0 Å². The summed E-state index contributed by atoms with van der Waals surface area (Å²) < 4.78 is 12.4. The number of hydrogen-bond donors (Lipinski definition) is 0. The number of rotatable bonds is 2. The van der Waals surface area contributed by atoms with Gasteiger partial charge in [-0.05, 0) is 17.7 Å². The molecule has 2 heterocycles. The second-order valence-electron chi connectivity index (χ2n) is 4.07. The van der Waals surface area contributed by atoms with Gasteiger partial charge in [-0.25, -0.2) is 4.98 Å². The topological polar surface area (TPSA) is 60.1 Å². The van der Waals surface area contributed by atoms with Gasteiger partial charge in [-0.2, -0.15) is 5.26 Å². The van der Waals surface area contributed by atoms with Gasteiger partial charge in [0.1, 0.15) is 11.7 Å². The Balaban J connectivity index is 2.03. The Labute approximate surface area is 104 Å². The van der Waals surface area contributed by atoms with Crippen LogP contribution in [0.1, 0.15) is 17.3 Å². The SMILES string of the molecule is Cn1ccnc1C(C#N)c1ccc2c(c1)OCO2. The molecule has 2 aromatic rings. The van der Waals surface area contributed by atoms with Crippen LogP contribution >= 0.6 is 0 Å². The largest absolute Gasteiger partial charge is 0.454 e. The lowest BCUT2D eigenvalue weighted by molar-refractivity contribution is 0.174. The van der Waals surface area contributed by atoms with E-state index in [2.05, 4.69) is 11.1 Å². The highest BCUT2D eigenvalue weighted by atomic mass is 16.7. The summed E-state index contributed by atoms with van der Waals surface area (Å²) >= 11 is 0. The summed E-state index contributed by atoms with van der Waals surface area (Å²) in [5, 5.41) is 9.35. The predicted octanol–water partition coefficient (Wildman–Crippen LogP) is 1.80. The van der Waals surface area contributed by atoms with Gasteiger partial charge in [-0.3, -0.25) is 0 Å². The molecule has 18 heavy (non-hydrogen) atoms. The van der Waals surface area contributed by atoms with E-state index in [1.807, 2.05) is 36.0 Å². The zero-order valence-corrected chi connectivity index (χ0v) is 9.83. The van der Waals surface area contributed by atoms with Crippen molar-refractivity contribution in [1.29, 1.82) is 5.26 Å². The Morgan fingerprint density at radius 2 is 2.22 bits per heavy atom. The van der Waals surface area contributed by atoms with Gasteiger partial charge in [0.25, 0.3) is 0 Å². The van der Waals surface area contributed by atoms with E-state index in [9.17, 15) is 5.26 Å². The van der Waals surface area contributed by atoms with Gasteiger partial charge in [-0.15, -0.1) is 0 Å². The number of imidazole rings is 1. The molecule has 5 heteroatoms. The molecule has 1 atom stereocenters. The summed E-state index contributed by atoms with van der Waals surface area (Å²) in [6, 6.07) is 7.81. The first kappa shape index (κ1) is 10.7. The first-order chi connectivity index (χ1) is 8.79. The van der Waals surface area contributed by atoms with Crippen molar-refractivity contribution >= 4 is 0 Å². The number of nitrogens with zero attached hydrogens (tertiary/aromatic N) is 3. The Kier molecular flexibility index (Phi) is 2.41. The number of benzene rings is 1. The predicted molar refractivity (Wildman–Crippen MR) is 63.2 cm³/mol. The minimum Gasteiger partial charge on any atom is -0.454 e. The molecule has 1 aliphatic heterocycles. The second-order valence-corrected chi connectivity index (χ2v) is 4.07. The lowest BCUT2D eigenvalue weighted by Crippen LogP contribution is -2.05. The van der Waals surface area contributed by atoms with Crippen LogP contribution in [0.4, 0.5) is 0 Å². The van der Waals surface area contributed by atoms with Crippen LogP contribution in [-0.4, -0.2) is 16.3 Å². The van der Waals surface area contributed by atoms with Gasteiger partial charge in [-0.1, -0.05) is 6.07 Å². The zero-order valence-electron chi connectivity index (χ0n) is 9.83. The summed E-state index contributed by atoms with van der Waals surface area (Å²) in [6.07, 6.45) is 3.51. The molecule has 5 nitrogen and oxygen atoms in total. The van der Waals surface area contributed by atoms with E-state index < -0.39 is 5.92 Å². The minimum absolute atomic E-state index is 0.235. The molecule has 0 N–H and O–H groups in total. The van der Waals surface area contributed by atoms with Crippen molar-refractivity contribution in [2.45, 2.75) is 5.92 Å². The van der Waals surface area contributed by atoms with Gasteiger partial charge in [0.05, 0.1) is 6.07 Å². The van der Waals surface area contributed by atoms with Gasteiger partial charge in [0.2, 0.25) is 6.79 Å². The summed E-state index contributed by atoms with van der Waals surface area (Å²) in [4.78, 5) is 4.23. The summed E-state index contributed by atoms with van der Waals surface area (Å²) in [6.45, 7) is 0.235. The van der Waals surface area contributed by atoms with E-state index in [-0.39, 0.29) is 6.79 Å². The van der Waals surface area contributed by atoms with Crippen molar-refractivity contribution < 1.29 is 9.47 Å². The molecule has 0 saturated carbocycles. The van der Waals surface area contributed by atoms with Crippen molar-refractivity contribution in [3.8, 4) is 17.6 Å². The second kappa shape index (κ2) is 4.08. The normalized spacial score (nSPS) is 14.2. The van der Waals surface area contributed by atoms with Gasteiger partial charge in [0.15, 0.2) is 11.5 Å². The molecule has 0 aliphatic carbocycles. The van der Waals surface area contributed by atoms with E-state index in [0.29, 0.717) is 5.75 Å².